The van der Waals surface area contributed by atoms with E-state index in [1.165, 1.54) is 18.3 Å². The van der Waals surface area contributed by atoms with E-state index in [2.05, 4.69) is 4.98 Å². The van der Waals surface area contributed by atoms with E-state index in [9.17, 15) is 9.18 Å². The lowest BCUT2D eigenvalue weighted by atomic mass is 10.0. The Balaban J connectivity index is 1.52. The summed E-state index contributed by atoms with van der Waals surface area (Å²) < 4.78 is 25.5. The van der Waals surface area contributed by atoms with Gasteiger partial charge < -0.3 is 19.3 Å². The minimum atomic E-state index is -0.492. The van der Waals surface area contributed by atoms with Gasteiger partial charge in [0, 0.05) is 25.9 Å². The summed E-state index contributed by atoms with van der Waals surface area (Å²) in [5.41, 5.74) is 0. The Kier molecular flexibility index (Phi) is 4.26. The molecule has 130 valence electrons. The molecule has 0 aliphatic carbocycles. The van der Waals surface area contributed by atoms with E-state index in [1.54, 1.807) is 0 Å². The van der Waals surface area contributed by atoms with Crippen LogP contribution in [0.2, 0.25) is 0 Å². The minimum absolute atomic E-state index is 0.00336. The molecule has 2 amide bonds. The number of fused-ring (bicyclic) bond motifs is 1. The third-order valence-corrected chi connectivity index (χ3v) is 5.09. The van der Waals surface area contributed by atoms with E-state index >= 15 is 0 Å². The highest BCUT2D eigenvalue weighted by atomic mass is 19.1. The summed E-state index contributed by atoms with van der Waals surface area (Å²) in [4.78, 5) is 20.5. The van der Waals surface area contributed by atoms with Gasteiger partial charge in [-0.15, -0.1) is 0 Å². The second-order valence-electron chi connectivity index (χ2n) is 6.62. The molecule has 0 unspecified atom stereocenters. The number of hydrogen-bond donors (Lipinski definition) is 0. The van der Waals surface area contributed by atoms with Gasteiger partial charge in [-0.25, -0.2) is 14.2 Å². The van der Waals surface area contributed by atoms with Crippen molar-refractivity contribution in [2.75, 3.05) is 26.2 Å². The first-order valence-corrected chi connectivity index (χ1v) is 8.68. The summed E-state index contributed by atoms with van der Waals surface area (Å²) in [7, 11) is 0. The van der Waals surface area contributed by atoms with Gasteiger partial charge in [0.05, 0.1) is 12.6 Å². The molecule has 0 bridgehead atoms. The summed E-state index contributed by atoms with van der Waals surface area (Å²) in [6, 6.07) is 2.91. The van der Waals surface area contributed by atoms with Crippen LogP contribution >= 0.6 is 0 Å². The van der Waals surface area contributed by atoms with E-state index in [0.717, 1.165) is 38.8 Å². The van der Waals surface area contributed by atoms with Crippen LogP contribution in [0.3, 0.4) is 0 Å². The van der Waals surface area contributed by atoms with E-state index in [0.29, 0.717) is 13.2 Å². The lowest BCUT2D eigenvalue weighted by Crippen LogP contribution is -2.48. The molecule has 0 aromatic carbocycles. The highest BCUT2D eigenvalue weighted by Gasteiger charge is 2.48. The maximum absolute atomic E-state index is 13.9. The fraction of sp³-hybridized carbons (Fsp3) is 0.647. The molecular formula is C17H22FN3O3. The van der Waals surface area contributed by atoms with Crippen LogP contribution in [-0.4, -0.2) is 65.3 Å². The number of carbonyl (C=O) groups excluding carboxylic acids is 1. The number of amides is 2. The number of halogens is 1. The Morgan fingerprint density at radius 1 is 1.33 bits per heavy atom. The van der Waals surface area contributed by atoms with Gasteiger partial charge >= 0.3 is 6.03 Å². The van der Waals surface area contributed by atoms with Gasteiger partial charge in [0.25, 0.3) is 5.88 Å². The first kappa shape index (κ1) is 15.6. The Hall–Kier alpha value is -1.89. The highest BCUT2D eigenvalue weighted by molar-refractivity contribution is 5.75. The maximum atomic E-state index is 13.9. The molecule has 0 saturated carbocycles. The van der Waals surface area contributed by atoms with Crippen molar-refractivity contribution in [3.63, 3.8) is 0 Å². The van der Waals surface area contributed by atoms with Crippen molar-refractivity contribution in [2.45, 2.75) is 43.9 Å². The number of rotatable bonds is 2. The van der Waals surface area contributed by atoms with Crippen molar-refractivity contribution in [1.82, 2.24) is 14.8 Å². The van der Waals surface area contributed by atoms with Crippen LogP contribution in [0.5, 0.6) is 5.88 Å². The zero-order valence-corrected chi connectivity index (χ0v) is 13.6. The Morgan fingerprint density at radius 3 is 2.96 bits per heavy atom. The summed E-state index contributed by atoms with van der Waals surface area (Å²) in [5, 5.41) is 0. The van der Waals surface area contributed by atoms with Crippen molar-refractivity contribution in [2.24, 2.45) is 0 Å². The summed E-state index contributed by atoms with van der Waals surface area (Å²) in [5.74, 6) is -0.514. The van der Waals surface area contributed by atoms with Gasteiger partial charge in [-0.2, -0.15) is 0 Å². The molecule has 3 aliphatic heterocycles. The number of ether oxygens (including phenoxy) is 2. The Morgan fingerprint density at radius 2 is 2.17 bits per heavy atom. The maximum Gasteiger partial charge on any atom is 0.320 e. The molecule has 3 saturated heterocycles. The van der Waals surface area contributed by atoms with Gasteiger partial charge in [-0.05, 0) is 37.8 Å². The van der Waals surface area contributed by atoms with Gasteiger partial charge in [0.2, 0.25) is 0 Å². The molecule has 4 rings (SSSR count). The van der Waals surface area contributed by atoms with Gasteiger partial charge in [0.15, 0.2) is 5.82 Å². The SMILES string of the molecule is O=C(N1CCCC1)N1C[C@@H](Oc2ncccc2F)[C@H]2OCCC[C@H]21. The smallest absolute Gasteiger partial charge is 0.320 e. The lowest BCUT2D eigenvalue weighted by molar-refractivity contribution is -0.0459. The molecule has 0 spiro atoms. The average Bonchev–Trinajstić information content (AvgIpc) is 3.25. The van der Waals surface area contributed by atoms with E-state index in [-0.39, 0.29) is 30.2 Å². The average molecular weight is 335 g/mol. The van der Waals surface area contributed by atoms with Crippen molar-refractivity contribution in [3.05, 3.63) is 24.1 Å². The van der Waals surface area contributed by atoms with Crippen molar-refractivity contribution in [1.29, 1.82) is 0 Å². The molecule has 0 N–H and O–H groups in total. The van der Waals surface area contributed by atoms with Gasteiger partial charge in [-0.1, -0.05) is 0 Å². The molecule has 7 heteroatoms. The van der Waals surface area contributed by atoms with Crippen molar-refractivity contribution >= 4 is 6.03 Å². The number of urea groups is 1. The largest absolute Gasteiger partial charge is 0.468 e. The molecule has 3 fully saturated rings. The molecule has 4 heterocycles. The molecule has 6 nitrogen and oxygen atoms in total. The molecule has 1 aromatic heterocycles. The first-order valence-electron chi connectivity index (χ1n) is 8.68. The number of nitrogens with zero attached hydrogens (tertiary/aromatic N) is 3. The van der Waals surface area contributed by atoms with Crippen LogP contribution in [0.15, 0.2) is 18.3 Å². The van der Waals surface area contributed by atoms with Crippen LogP contribution in [0.1, 0.15) is 25.7 Å². The number of pyridine rings is 1. The normalized spacial score (nSPS) is 29.6. The Labute approximate surface area is 140 Å². The summed E-state index contributed by atoms with van der Waals surface area (Å²) in [6.07, 6.45) is 4.84. The van der Waals surface area contributed by atoms with Crippen LogP contribution in [-0.2, 0) is 4.74 Å². The zero-order chi connectivity index (χ0) is 16.5. The molecular weight excluding hydrogens is 313 g/mol. The van der Waals surface area contributed by atoms with Crippen LogP contribution in [0.25, 0.3) is 0 Å². The molecule has 3 atom stereocenters. The second kappa shape index (κ2) is 6.55. The molecule has 1 aromatic rings. The van der Waals surface area contributed by atoms with Crippen molar-refractivity contribution in [3.8, 4) is 5.88 Å². The predicted molar refractivity (Wildman–Crippen MR) is 84.3 cm³/mol. The van der Waals surface area contributed by atoms with E-state index in [1.807, 2.05) is 9.80 Å². The fourth-order valence-corrected chi connectivity index (χ4v) is 3.92. The van der Waals surface area contributed by atoms with Crippen LogP contribution < -0.4 is 4.74 Å². The topological polar surface area (TPSA) is 54.9 Å². The van der Waals surface area contributed by atoms with Crippen LogP contribution in [0, 0.1) is 5.82 Å². The third-order valence-electron chi connectivity index (χ3n) is 5.09. The standard InChI is InChI=1S/C17H22FN3O3/c18-12-5-3-7-19-16(12)24-14-11-21(13-6-4-10-23-15(13)14)17(22)20-8-1-2-9-20/h3,5,7,13-15H,1-2,4,6,8-11H2/t13-,14-,15+/m1/s1. The van der Waals surface area contributed by atoms with E-state index in [4.69, 9.17) is 9.47 Å². The minimum Gasteiger partial charge on any atom is -0.468 e. The number of aromatic nitrogens is 1. The first-order chi connectivity index (χ1) is 11.7. The highest BCUT2D eigenvalue weighted by Crippen LogP contribution is 2.32. The Bertz CT molecular complexity index is 608. The molecule has 24 heavy (non-hydrogen) atoms. The molecule has 3 aliphatic rings. The summed E-state index contributed by atoms with van der Waals surface area (Å²) >= 11 is 0. The van der Waals surface area contributed by atoms with Gasteiger partial charge in [-0.3, -0.25) is 0 Å². The van der Waals surface area contributed by atoms with Gasteiger partial charge in [0.1, 0.15) is 12.2 Å². The fourth-order valence-electron chi connectivity index (χ4n) is 3.92. The lowest BCUT2D eigenvalue weighted by Gasteiger charge is -2.33. The molecule has 0 radical (unpaired) electrons. The predicted octanol–water partition coefficient (Wildman–Crippen LogP) is 2.05. The zero-order valence-electron chi connectivity index (χ0n) is 13.6. The quantitative estimate of drug-likeness (QED) is 0.830. The van der Waals surface area contributed by atoms with E-state index < -0.39 is 5.82 Å². The van der Waals surface area contributed by atoms with Crippen molar-refractivity contribution < 1.29 is 18.7 Å². The third kappa shape index (κ3) is 2.81. The van der Waals surface area contributed by atoms with Crippen LogP contribution in [0.4, 0.5) is 9.18 Å². The monoisotopic (exact) mass is 335 g/mol. The summed E-state index contributed by atoms with van der Waals surface area (Å²) in [6.45, 7) is 2.69. The number of likely N-dealkylation sites (tertiary alicyclic amines) is 2. The number of carbonyl (C=O) groups is 1. The second-order valence-corrected chi connectivity index (χ2v) is 6.62. The number of hydrogen-bond acceptors (Lipinski definition) is 4.